The van der Waals surface area contributed by atoms with Crippen molar-refractivity contribution < 1.29 is 9.90 Å². The van der Waals surface area contributed by atoms with Gasteiger partial charge in [0.25, 0.3) is 5.56 Å². The second-order valence-corrected chi connectivity index (χ2v) is 5.27. The van der Waals surface area contributed by atoms with E-state index in [1.165, 1.54) is 22.6 Å². The Balaban J connectivity index is 2.09. The summed E-state index contributed by atoms with van der Waals surface area (Å²) in [4.78, 5) is 32.7. The molecule has 1 aliphatic rings. The molecule has 0 saturated heterocycles. The van der Waals surface area contributed by atoms with Gasteiger partial charge in [-0.3, -0.25) is 4.79 Å². The summed E-state index contributed by atoms with van der Waals surface area (Å²) in [5.41, 5.74) is 0.828. The smallest absolute Gasteiger partial charge is 0.407 e. The number of fused-ring (bicyclic) bond motifs is 3. The summed E-state index contributed by atoms with van der Waals surface area (Å²) in [5.74, 6) is 0. The first-order valence-corrected chi connectivity index (χ1v) is 6.44. The highest BCUT2D eigenvalue weighted by Crippen LogP contribution is 2.30. The normalized spacial score (nSPS) is 15.4. The fourth-order valence-corrected chi connectivity index (χ4v) is 3.47. The molecule has 6 nitrogen and oxygen atoms in total. The Morgan fingerprint density at radius 1 is 1.44 bits per heavy atom. The Hall–Kier alpha value is -1.89. The highest BCUT2D eigenvalue weighted by Gasteiger charge is 2.22. The molecule has 0 spiro atoms. The predicted octanol–water partition coefficient (Wildman–Crippen LogP) is 1.06. The summed E-state index contributed by atoms with van der Waals surface area (Å²) in [5, 5.41) is 9.63. The minimum Gasteiger partial charge on any atom is -0.465 e. The van der Waals surface area contributed by atoms with Crippen LogP contribution in [0.4, 0.5) is 4.79 Å². The Morgan fingerprint density at radius 2 is 2.22 bits per heavy atom. The Morgan fingerprint density at radius 3 is 3.00 bits per heavy atom. The van der Waals surface area contributed by atoms with Crippen molar-refractivity contribution in [3.63, 3.8) is 0 Å². The fraction of sp³-hybridized carbons (Fsp3) is 0.364. The van der Waals surface area contributed by atoms with E-state index < -0.39 is 6.09 Å². The van der Waals surface area contributed by atoms with Crippen molar-refractivity contribution in [1.29, 1.82) is 0 Å². The van der Waals surface area contributed by atoms with Crippen molar-refractivity contribution in [3.05, 3.63) is 27.1 Å². The first-order valence-electron chi connectivity index (χ1n) is 5.62. The third-order valence-corrected chi connectivity index (χ3v) is 4.39. The van der Waals surface area contributed by atoms with Gasteiger partial charge in [0.2, 0.25) is 0 Å². The Bertz CT molecular complexity index is 676. The highest BCUT2D eigenvalue weighted by molar-refractivity contribution is 7.18. The first kappa shape index (κ1) is 11.2. The second-order valence-electron chi connectivity index (χ2n) is 4.19. The van der Waals surface area contributed by atoms with Gasteiger partial charge in [-0.1, -0.05) is 0 Å². The molecule has 0 aliphatic carbocycles. The molecular formula is C11H11N3O3S. The van der Waals surface area contributed by atoms with Crippen LogP contribution in [-0.2, 0) is 12.8 Å². The van der Waals surface area contributed by atoms with Crippen molar-refractivity contribution in [3.8, 4) is 0 Å². The zero-order valence-corrected chi connectivity index (χ0v) is 10.3. The number of nitrogens with zero attached hydrogens (tertiary/aromatic N) is 2. The van der Waals surface area contributed by atoms with E-state index in [1.807, 2.05) is 0 Å². The molecular weight excluding hydrogens is 254 g/mol. The van der Waals surface area contributed by atoms with Crippen LogP contribution in [0.5, 0.6) is 0 Å². The van der Waals surface area contributed by atoms with Crippen molar-refractivity contribution in [2.75, 3.05) is 13.1 Å². The molecule has 3 heterocycles. The van der Waals surface area contributed by atoms with Crippen LogP contribution in [0.25, 0.3) is 10.2 Å². The molecule has 0 bridgehead atoms. The van der Waals surface area contributed by atoms with Gasteiger partial charge >= 0.3 is 6.09 Å². The van der Waals surface area contributed by atoms with Gasteiger partial charge in [0.05, 0.1) is 11.7 Å². The molecule has 2 N–H and O–H groups in total. The van der Waals surface area contributed by atoms with Gasteiger partial charge in [-0.2, -0.15) is 0 Å². The number of nitrogens with one attached hydrogen (secondary N) is 1. The third kappa shape index (κ3) is 1.67. The summed E-state index contributed by atoms with van der Waals surface area (Å²) in [7, 11) is 0. The number of aromatic nitrogens is 2. The number of hydrogen-bond acceptors (Lipinski definition) is 4. The van der Waals surface area contributed by atoms with Gasteiger partial charge in [-0.05, 0) is 18.4 Å². The SMILES string of the molecule is O=C(O)N1CCc2sc3nc[nH]c(=O)c3c2CC1. The topological polar surface area (TPSA) is 86.3 Å². The highest BCUT2D eigenvalue weighted by atomic mass is 32.1. The molecule has 18 heavy (non-hydrogen) atoms. The van der Waals surface area contributed by atoms with Crippen LogP contribution < -0.4 is 5.56 Å². The summed E-state index contributed by atoms with van der Waals surface area (Å²) >= 11 is 1.49. The molecule has 2 aromatic rings. The van der Waals surface area contributed by atoms with E-state index in [1.54, 1.807) is 0 Å². The number of carbonyl (C=O) groups is 1. The Kier molecular flexibility index (Phi) is 2.55. The quantitative estimate of drug-likeness (QED) is 0.745. The maximum atomic E-state index is 11.8. The molecule has 1 amide bonds. The number of aromatic amines is 1. The van der Waals surface area contributed by atoms with Crippen molar-refractivity contribution in [2.45, 2.75) is 12.8 Å². The zero-order chi connectivity index (χ0) is 12.7. The first-order chi connectivity index (χ1) is 8.66. The summed E-state index contributed by atoms with van der Waals surface area (Å²) < 4.78 is 0. The van der Waals surface area contributed by atoms with Crippen LogP contribution in [0.2, 0.25) is 0 Å². The standard InChI is InChI=1S/C11H11N3O3S/c15-9-8-6-1-3-14(11(16)17)4-2-7(6)18-10(8)13-5-12-9/h5H,1-4H2,(H,16,17)(H,12,13,15). The van der Waals surface area contributed by atoms with Gasteiger partial charge in [-0.25, -0.2) is 9.78 Å². The van der Waals surface area contributed by atoms with Gasteiger partial charge in [-0.15, -0.1) is 11.3 Å². The van der Waals surface area contributed by atoms with Crippen molar-refractivity contribution in [1.82, 2.24) is 14.9 Å². The molecule has 0 atom stereocenters. The Labute approximate surface area is 106 Å². The van der Waals surface area contributed by atoms with Gasteiger partial charge in [0, 0.05) is 18.0 Å². The maximum Gasteiger partial charge on any atom is 0.407 e. The van der Waals surface area contributed by atoms with Crippen LogP contribution >= 0.6 is 11.3 Å². The average Bonchev–Trinajstić information content (AvgIpc) is 2.56. The largest absolute Gasteiger partial charge is 0.465 e. The lowest BCUT2D eigenvalue weighted by molar-refractivity contribution is 0.147. The molecule has 1 aliphatic heterocycles. The van der Waals surface area contributed by atoms with E-state index in [-0.39, 0.29) is 5.56 Å². The zero-order valence-electron chi connectivity index (χ0n) is 9.47. The molecule has 0 saturated carbocycles. The van der Waals surface area contributed by atoms with Crippen LogP contribution in [0.1, 0.15) is 10.4 Å². The molecule has 2 aromatic heterocycles. The lowest BCUT2D eigenvalue weighted by Gasteiger charge is -2.15. The van der Waals surface area contributed by atoms with Crippen molar-refractivity contribution in [2.24, 2.45) is 0 Å². The predicted molar refractivity (Wildman–Crippen MR) is 67.2 cm³/mol. The van der Waals surface area contributed by atoms with Gasteiger partial charge < -0.3 is 15.0 Å². The fourth-order valence-electron chi connectivity index (χ4n) is 2.30. The van der Waals surface area contributed by atoms with E-state index in [0.29, 0.717) is 31.3 Å². The second kappa shape index (κ2) is 4.09. The number of hydrogen-bond donors (Lipinski definition) is 2. The lowest BCUT2D eigenvalue weighted by atomic mass is 10.1. The molecule has 3 rings (SSSR count). The number of amides is 1. The lowest BCUT2D eigenvalue weighted by Crippen LogP contribution is -2.31. The monoisotopic (exact) mass is 265 g/mol. The van der Waals surface area contributed by atoms with Crippen molar-refractivity contribution >= 4 is 27.6 Å². The third-order valence-electron chi connectivity index (χ3n) is 3.19. The van der Waals surface area contributed by atoms with Gasteiger partial charge in [0.15, 0.2) is 0 Å². The molecule has 0 unspecified atom stereocenters. The summed E-state index contributed by atoms with van der Waals surface area (Å²) in [6, 6.07) is 0. The maximum absolute atomic E-state index is 11.8. The van der Waals surface area contributed by atoms with Crippen LogP contribution in [-0.4, -0.2) is 39.2 Å². The van der Waals surface area contributed by atoms with E-state index in [0.717, 1.165) is 15.3 Å². The average molecular weight is 265 g/mol. The molecule has 94 valence electrons. The number of thiophene rings is 1. The number of carboxylic acid groups (broad SMARTS) is 1. The van der Waals surface area contributed by atoms with E-state index in [4.69, 9.17) is 5.11 Å². The number of rotatable bonds is 0. The molecule has 7 heteroatoms. The molecule has 0 radical (unpaired) electrons. The number of H-pyrrole nitrogens is 1. The van der Waals surface area contributed by atoms with E-state index >= 15 is 0 Å². The molecule has 0 aromatic carbocycles. The molecule has 0 fully saturated rings. The van der Waals surface area contributed by atoms with Crippen LogP contribution in [0, 0.1) is 0 Å². The minimum atomic E-state index is -0.901. The van der Waals surface area contributed by atoms with Crippen LogP contribution in [0.3, 0.4) is 0 Å². The summed E-state index contributed by atoms with van der Waals surface area (Å²) in [6.45, 7) is 0.912. The minimum absolute atomic E-state index is 0.138. The van der Waals surface area contributed by atoms with E-state index in [2.05, 4.69) is 9.97 Å². The summed E-state index contributed by atoms with van der Waals surface area (Å²) in [6.07, 6.45) is 1.74. The van der Waals surface area contributed by atoms with E-state index in [9.17, 15) is 9.59 Å². The van der Waals surface area contributed by atoms with Crippen LogP contribution in [0.15, 0.2) is 11.1 Å². The van der Waals surface area contributed by atoms with Gasteiger partial charge in [0.1, 0.15) is 4.83 Å².